The number of ether oxygens (including phenoxy) is 1. The second-order valence-corrected chi connectivity index (χ2v) is 4.41. The molecule has 0 saturated carbocycles. The van der Waals surface area contributed by atoms with E-state index >= 15 is 0 Å². The van der Waals surface area contributed by atoms with Crippen LogP contribution in [0.5, 0.6) is 0 Å². The highest BCUT2D eigenvalue weighted by Gasteiger charge is 2.13. The van der Waals surface area contributed by atoms with E-state index < -0.39 is 5.97 Å². The number of carbonyl (C=O) groups excluding carboxylic acids is 1. The Morgan fingerprint density at radius 3 is 2.84 bits per heavy atom. The minimum Gasteiger partial charge on any atom is -0.463 e. The molecule has 6 nitrogen and oxygen atoms in total. The zero-order valence-corrected chi connectivity index (χ0v) is 11.3. The summed E-state index contributed by atoms with van der Waals surface area (Å²) in [6.45, 7) is 1.87. The maximum absolute atomic E-state index is 11.3. The van der Waals surface area contributed by atoms with Gasteiger partial charge < -0.3 is 10.5 Å². The van der Waals surface area contributed by atoms with Crippen molar-refractivity contribution in [3.63, 3.8) is 0 Å². The highest BCUT2D eigenvalue weighted by molar-refractivity contribution is 6.32. The summed E-state index contributed by atoms with van der Waals surface area (Å²) >= 11 is 6.17. The number of esters is 1. The second-order valence-electron chi connectivity index (χ2n) is 4.00. The van der Waals surface area contributed by atoms with Gasteiger partial charge in [0.25, 0.3) is 5.82 Å². The molecule has 100 valence electrons. The molecular formula is C12H13ClN4O2. The van der Waals surface area contributed by atoms with Gasteiger partial charge in [-0.25, -0.2) is 14.5 Å². The van der Waals surface area contributed by atoms with E-state index in [-0.39, 0.29) is 11.9 Å². The molecule has 7 heteroatoms. The fourth-order valence-electron chi connectivity index (χ4n) is 1.56. The summed E-state index contributed by atoms with van der Waals surface area (Å²) in [6, 6.07) is 5.29. The van der Waals surface area contributed by atoms with Gasteiger partial charge >= 0.3 is 5.97 Å². The van der Waals surface area contributed by atoms with Gasteiger partial charge in [0, 0.05) is 6.04 Å². The van der Waals surface area contributed by atoms with Crippen LogP contribution >= 0.6 is 11.6 Å². The Morgan fingerprint density at radius 1 is 1.53 bits per heavy atom. The van der Waals surface area contributed by atoms with Crippen molar-refractivity contribution in [3.8, 4) is 5.69 Å². The molecule has 0 bridgehead atoms. The summed E-state index contributed by atoms with van der Waals surface area (Å²) in [5, 5.41) is 4.48. The van der Waals surface area contributed by atoms with Crippen LogP contribution in [0, 0.1) is 0 Å². The van der Waals surface area contributed by atoms with Gasteiger partial charge in [0.05, 0.1) is 17.8 Å². The number of benzene rings is 1. The normalized spacial score (nSPS) is 12.2. The Kier molecular flexibility index (Phi) is 3.82. The fourth-order valence-corrected chi connectivity index (χ4v) is 1.83. The highest BCUT2D eigenvalue weighted by atomic mass is 35.5. The lowest BCUT2D eigenvalue weighted by Gasteiger charge is -2.09. The van der Waals surface area contributed by atoms with Crippen molar-refractivity contribution in [1.29, 1.82) is 0 Å². The minimum atomic E-state index is -0.595. The SMILES string of the molecule is COC(=O)c1ncn(-c2ccc(C(C)N)cc2Cl)n1. The molecule has 0 fully saturated rings. The second kappa shape index (κ2) is 5.38. The molecule has 1 atom stereocenters. The van der Waals surface area contributed by atoms with E-state index in [0.29, 0.717) is 10.7 Å². The van der Waals surface area contributed by atoms with Gasteiger partial charge in [-0.05, 0) is 24.6 Å². The molecule has 0 radical (unpaired) electrons. The standard InChI is InChI=1S/C12H13ClN4O2/c1-7(14)8-3-4-10(9(13)5-8)17-6-15-11(16-17)12(18)19-2/h3-7H,14H2,1-2H3. The van der Waals surface area contributed by atoms with Gasteiger partial charge in [-0.15, -0.1) is 5.10 Å². The minimum absolute atomic E-state index is 0.0187. The average molecular weight is 281 g/mol. The van der Waals surface area contributed by atoms with E-state index in [2.05, 4.69) is 14.8 Å². The molecule has 0 aliphatic carbocycles. The van der Waals surface area contributed by atoms with Gasteiger partial charge in [-0.2, -0.15) is 0 Å². The van der Waals surface area contributed by atoms with Crippen LogP contribution in [0.1, 0.15) is 29.1 Å². The van der Waals surface area contributed by atoms with Crippen molar-refractivity contribution in [2.45, 2.75) is 13.0 Å². The number of hydrogen-bond donors (Lipinski definition) is 1. The average Bonchev–Trinajstić information content (AvgIpc) is 2.87. The van der Waals surface area contributed by atoms with E-state index in [1.54, 1.807) is 12.1 Å². The Labute approximate surface area is 115 Å². The topological polar surface area (TPSA) is 83.0 Å². The number of carbonyl (C=O) groups is 1. The van der Waals surface area contributed by atoms with Crippen LogP contribution in [0.3, 0.4) is 0 Å². The molecular weight excluding hydrogens is 268 g/mol. The van der Waals surface area contributed by atoms with E-state index in [1.807, 2.05) is 13.0 Å². The molecule has 2 aromatic rings. The number of halogens is 1. The lowest BCUT2D eigenvalue weighted by Crippen LogP contribution is -2.07. The van der Waals surface area contributed by atoms with Gasteiger partial charge in [0.15, 0.2) is 0 Å². The fraction of sp³-hybridized carbons (Fsp3) is 0.250. The van der Waals surface area contributed by atoms with E-state index in [4.69, 9.17) is 17.3 Å². The summed E-state index contributed by atoms with van der Waals surface area (Å²) in [7, 11) is 1.27. The molecule has 19 heavy (non-hydrogen) atoms. The molecule has 1 aromatic carbocycles. The molecule has 1 heterocycles. The molecule has 1 aromatic heterocycles. The first-order valence-corrected chi connectivity index (χ1v) is 5.96. The molecule has 0 spiro atoms. The van der Waals surface area contributed by atoms with Gasteiger partial charge in [0.2, 0.25) is 0 Å². The zero-order valence-electron chi connectivity index (χ0n) is 10.5. The third-order valence-electron chi connectivity index (χ3n) is 2.60. The molecule has 2 N–H and O–H groups in total. The van der Waals surface area contributed by atoms with E-state index in [1.165, 1.54) is 18.1 Å². The summed E-state index contributed by atoms with van der Waals surface area (Å²) in [5.74, 6) is -0.614. The maximum atomic E-state index is 11.3. The van der Waals surface area contributed by atoms with Crippen LogP contribution in [0.15, 0.2) is 24.5 Å². The summed E-state index contributed by atoms with van der Waals surface area (Å²) in [4.78, 5) is 15.1. The predicted molar refractivity (Wildman–Crippen MR) is 70.3 cm³/mol. The third kappa shape index (κ3) is 2.74. The molecule has 0 saturated heterocycles. The van der Waals surface area contributed by atoms with E-state index in [9.17, 15) is 4.79 Å². The maximum Gasteiger partial charge on any atom is 0.377 e. The zero-order chi connectivity index (χ0) is 14.0. The Balaban J connectivity index is 2.37. The van der Waals surface area contributed by atoms with Crippen LogP contribution in [-0.4, -0.2) is 27.8 Å². The number of hydrogen-bond acceptors (Lipinski definition) is 5. The smallest absolute Gasteiger partial charge is 0.377 e. The number of nitrogens with zero attached hydrogens (tertiary/aromatic N) is 3. The van der Waals surface area contributed by atoms with Crippen molar-refractivity contribution in [3.05, 3.63) is 40.9 Å². The Hall–Kier alpha value is -1.92. The lowest BCUT2D eigenvalue weighted by molar-refractivity contribution is 0.0587. The van der Waals surface area contributed by atoms with Gasteiger partial charge in [-0.1, -0.05) is 17.7 Å². The van der Waals surface area contributed by atoms with E-state index in [0.717, 1.165) is 5.56 Å². The van der Waals surface area contributed by atoms with Crippen molar-refractivity contribution < 1.29 is 9.53 Å². The van der Waals surface area contributed by atoms with Crippen LogP contribution in [0.25, 0.3) is 5.69 Å². The molecule has 0 aliphatic rings. The predicted octanol–water partition coefficient (Wildman–Crippen LogP) is 1.73. The first-order valence-electron chi connectivity index (χ1n) is 5.58. The summed E-state index contributed by atoms with van der Waals surface area (Å²) in [5.41, 5.74) is 7.32. The van der Waals surface area contributed by atoms with Crippen molar-refractivity contribution in [1.82, 2.24) is 14.8 Å². The molecule has 2 rings (SSSR count). The number of aromatic nitrogens is 3. The quantitative estimate of drug-likeness (QED) is 0.866. The molecule has 1 unspecified atom stereocenters. The third-order valence-corrected chi connectivity index (χ3v) is 2.91. The number of methoxy groups -OCH3 is 1. The van der Waals surface area contributed by atoms with Gasteiger partial charge in [0.1, 0.15) is 6.33 Å². The summed E-state index contributed by atoms with van der Waals surface area (Å²) < 4.78 is 5.96. The Bertz CT molecular complexity index is 610. The first kappa shape index (κ1) is 13.5. The van der Waals surface area contributed by atoms with Crippen molar-refractivity contribution in [2.75, 3.05) is 7.11 Å². The molecule has 0 aliphatic heterocycles. The Morgan fingerprint density at radius 2 is 2.26 bits per heavy atom. The van der Waals surface area contributed by atoms with Crippen LogP contribution in [0.2, 0.25) is 5.02 Å². The molecule has 0 amide bonds. The number of nitrogens with two attached hydrogens (primary N) is 1. The summed E-state index contributed by atoms with van der Waals surface area (Å²) in [6.07, 6.45) is 1.40. The largest absolute Gasteiger partial charge is 0.463 e. The highest BCUT2D eigenvalue weighted by Crippen LogP contribution is 2.23. The lowest BCUT2D eigenvalue weighted by atomic mass is 10.1. The van der Waals surface area contributed by atoms with Gasteiger partial charge in [-0.3, -0.25) is 0 Å². The monoisotopic (exact) mass is 280 g/mol. The van der Waals surface area contributed by atoms with Crippen LogP contribution in [-0.2, 0) is 4.74 Å². The van der Waals surface area contributed by atoms with Crippen molar-refractivity contribution >= 4 is 17.6 Å². The first-order chi connectivity index (χ1) is 9.02. The van der Waals surface area contributed by atoms with Crippen molar-refractivity contribution in [2.24, 2.45) is 5.73 Å². The number of rotatable bonds is 3. The van der Waals surface area contributed by atoms with Crippen LogP contribution < -0.4 is 5.73 Å². The van der Waals surface area contributed by atoms with Crippen LogP contribution in [0.4, 0.5) is 0 Å².